The van der Waals surface area contributed by atoms with Crippen LogP contribution in [0, 0.1) is 0 Å². The van der Waals surface area contributed by atoms with Gasteiger partial charge in [0, 0.05) is 29.7 Å². The molecule has 1 atom stereocenters. The number of hydrogen-bond acceptors (Lipinski definition) is 1. The summed E-state index contributed by atoms with van der Waals surface area (Å²) in [6, 6.07) is 10.2. The molecule has 0 saturated carbocycles. The van der Waals surface area contributed by atoms with Crippen molar-refractivity contribution in [1.29, 1.82) is 0 Å². The van der Waals surface area contributed by atoms with E-state index in [1.165, 1.54) is 29.2 Å². The molecule has 0 fully saturated rings. The number of amides is 1. The molecule has 0 heterocycles. The monoisotopic (exact) mass is 401 g/mol. The number of hydrogen-bond donors (Lipinski definition) is 0. The number of allylic oxidation sites excluding steroid dienone is 1. The molecule has 0 radical (unpaired) electrons. The first-order chi connectivity index (χ1) is 12.1. The van der Waals surface area contributed by atoms with Gasteiger partial charge in [0.25, 0.3) is 5.91 Å². The van der Waals surface area contributed by atoms with Crippen LogP contribution in [0.2, 0.25) is 10.0 Å². The number of halogens is 5. The summed E-state index contributed by atoms with van der Waals surface area (Å²) in [4.78, 5) is 13.3. The SMILES string of the molecule is CN(C)C(=O)c1ccc(C=CC(c2cc(Cl)cc(Cl)c2)C(F)(F)F)cc1. The first-order valence-electron chi connectivity index (χ1n) is 7.60. The predicted octanol–water partition coefficient (Wildman–Crippen LogP) is 6.05. The third kappa shape index (κ3) is 5.26. The van der Waals surface area contributed by atoms with E-state index >= 15 is 0 Å². The highest BCUT2D eigenvalue weighted by molar-refractivity contribution is 6.34. The Morgan fingerprint density at radius 1 is 1.04 bits per heavy atom. The molecule has 2 nitrogen and oxygen atoms in total. The molecule has 2 aromatic rings. The van der Waals surface area contributed by atoms with E-state index in [-0.39, 0.29) is 21.5 Å². The molecule has 2 rings (SSSR count). The van der Waals surface area contributed by atoms with Gasteiger partial charge in [-0.05, 0) is 41.5 Å². The molecule has 7 heteroatoms. The molecule has 1 amide bonds. The summed E-state index contributed by atoms with van der Waals surface area (Å²) in [5, 5.41) is 0.281. The third-order valence-electron chi connectivity index (χ3n) is 3.64. The quantitative estimate of drug-likeness (QED) is 0.609. The highest BCUT2D eigenvalue weighted by atomic mass is 35.5. The average Bonchev–Trinajstić information content (AvgIpc) is 2.52. The lowest BCUT2D eigenvalue weighted by molar-refractivity contribution is -0.139. The van der Waals surface area contributed by atoms with E-state index in [4.69, 9.17) is 23.2 Å². The van der Waals surface area contributed by atoms with Crippen molar-refractivity contribution in [2.45, 2.75) is 12.1 Å². The summed E-state index contributed by atoms with van der Waals surface area (Å²) in [5.41, 5.74) is 0.967. The minimum atomic E-state index is -4.49. The van der Waals surface area contributed by atoms with Gasteiger partial charge in [-0.15, -0.1) is 0 Å². The molecule has 0 saturated heterocycles. The Labute approximate surface area is 159 Å². The smallest absolute Gasteiger partial charge is 0.345 e. The minimum Gasteiger partial charge on any atom is -0.345 e. The van der Waals surface area contributed by atoms with Crippen molar-refractivity contribution in [2.24, 2.45) is 0 Å². The number of benzene rings is 2. The van der Waals surface area contributed by atoms with Gasteiger partial charge in [-0.25, -0.2) is 0 Å². The Balaban J connectivity index is 2.30. The molecular formula is C19H16Cl2F3NO. The summed E-state index contributed by atoms with van der Waals surface area (Å²) in [6.45, 7) is 0. The number of carbonyl (C=O) groups excluding carboxylic acids is 1. The highest BCUT2D eigenvalue weighted by Crippen LogP contribution is 2.38. The fourth-order valence-electron chi connectivity index (χ4n) is 2.37. The first kappa shape index (κ1) is 20.3. The number of alkyl halides is 3. The van der Waals surface area contributed by atoms with Crippen LogP contribution >= 0.6 is 23.2 Å². The molecule has 138 valence electrons. The van der Waals surface area contributed by atoms with Crippen LogP contribution in [0.4, 0.5) is 13.2 Å². The molecular weight excluding hydrogens is 386 g/mol. The van der Waals surface area contributed by atoms with Crippen molar-refractivity contribution in [2.75, 3.05) is 14.1 Å². The van der Waals surface area contributed by atoms with Crippen LogP contribution in [-0.4, -0.2) is 31.1 Å². The minimum absolute atomic E-state index is 0.0364. The van der Waals surface area contributed by atoms with Crippen LogP contribution in [0.3, 0.4) is 0 Å². The molecule has 26 heavy (non-hydrogen) atoms. The topological polar surface area (TPSA) is 20.3 Å². The molecule has 0 aliphatic heterocycles. The van der Waals surface area contributed by atoms with Crippen LogP contribution in [0.15, 0.2) is 48.5 Å². The zero-order chi connectivity index (χ0) is 19.5. The van der Waals surface area contributed by atoms with Crippen LogP contribution in [0.1, 0.15) is 27.4 Å². The summed E-state index contributed by atoms with van der Waals surface area (Å²) >= 11 is 11.6. The first-order valence-corrected chi connectivity index (χ1v) is 8.36. The molecule has 0 N–H and O–H groups in total. The van der Waals surface area contributed by atoms with E-state index in [0.29, 0.717) is 11.1 Å². The molecule has 0 aliphatic carbocycles. The van der Waals surface area contributed by atoms with Crippen LogP contribution in [0.5, 0.6) is 0 Å². The van der Waals surface area contributed by atoms with E-state index < -0.39 is 12.1 Å². The van der Waals surface area contributed by atoms with Gasteiger partial charge >= 0.3 is 6.18 Å². The Morgan fingerprint density at radius 2 is 1.58 bits per heavy atom. The second-order valence-electron chi connectivity index (χ2n) is 5.90. The normalized spacial score (nSPS) is 13.0. The maximum Gasteiger partial charge on any atom is 0.399 e. The van der Waals surface area contributed by atoms with E-state index in [0.717, 1.165) is 6.08 Å². The van der Waals surface area contributed by atoms with Gasteiger partial charge < -0.3 is 4.90 Å². The summed E-state index contributed by atoms with van der Waals surface area (Å²) in [6.07, 6.45) is -2.09. The zero-order valence-electron chi connectivity index (χ0n) is 14.0. The molecule has 0 aromatic heterocycles. The number of carbonyl (C=O) groups is 1. The van der Waals surface area contributed by atoms with Gasteiger partial charge in [0.1, 0.15) is 0 Å². The van der Waals surface area contributed by atoms with Crippen LogP contribution in [0.25, 0.3) is 6.08 Å². The lowest BCUT2D eigenvalue weighted by Gasteiger charge is -2.18. The number of rotatable bonds is 4. The van der Waals surface area contributed by atoms with Crippen molar-refractivity contribution in [3.05, 3.63) is 75.3 Å². The van der Waals surface area contributed by atoms with Crippen LogP contribution in [-0.2, 0) is 0 Å². The Kier molecular flexibility index (Phi) is 6.37. The average molecular weight is 402 g/mol. The summed E-state index contributed by atoms with van der Waals surface area (Å²) in [7, 11) is 3.25. The second-order valence-corrected chi connectivity index (χ2v) is 6.78. The fraction of sp³-hybridized carbons (Fsp3) is 0.211. The van der Waals surface area contributed by atoms with Crippen molar-refractivity contribution in [3.8, 4) is 0 Å². The van der Waals surface area contributed by atoms with Gasteiger partial charge in [0.05, 0.1) is 5.92 Å². The summed E-state index contributed by atoms with van der Waals surface area (Å²) in [5.74, 6) is -2.02. The Bertz CT molecular complexity index is 794. The highest BCUT2D eigenvalue weighted by Gasteiger charge is 2.39. The predicted molar refractivity (Wildman–Crippen MR) is 98.8 cm³/mol. The molecule has 0 bridgehead atoms. The van der Waals surface area contributed by atoms with Crippen molar-refractivity contribution >= 4 is 35.2 Å². The molecule has 2 aromatic carbocycles. The lowest BCUT2D eigenvalue weighted by Crippen LogP contribution is -2.21. The van der Waals surface area contributed by atoms with Gasteiger partial charge in [-0.3, -0.25) is 4.79 Å². The third-order valence-corrected chi connectivity index (χ3v) is 4.08. The van der Waals surface area contributed by atoms with E-state index in [2.05, 4.69) is 0 Å². The number of nitrogens with zero attached hydrogens (tertiary/aromatic N) is 1. The van der Waals surface area contributed by atoms with E-state index in [9.17, 15) is 18.0 Å². The van der Waals surface area contributed by atoms with E-state index in [1.54, 1.807) is 38.4 Å². The zero-order valence-corrected chi connectivity index (χ0v) is 15.5. The van der Waals surface area contributed by atoms with Gasteiger partial charge in [0.2, 0.25) is 0 Å². The standard InChI is InChI=1S/C19H16Cl2F3NO/c1-25(2)18(26)13-6-3-12(4-7-13)5-8-17(19(22,23)24)14-9-15(20)11-16(21)10-14/h3-11,17H,1-2H3. The van der Waals surface area contributed by atoms with Gasteiger partial charge in [-0.1, -0.05) is 47.5 Å². The van der Waals surface area contributed by atoms with Crippen molar-refractivity contribution in [1.82, 2.24) is 4.90 Å². The van der Waals surface area contributed by atoms with Crippen molar-refractivity contribution in [3.63, 3.8) is 0 Å². The van der Waals surface area contributed by atoms with Gasteiger partial charge in [0.15, 0.2) is 0 Å². The lowest BCUT2D eigenvalue weighted by atomic mass is 9.97. The molecule has 0 spiro atoms. The van der Waals surface area contributed by atoms with Gasteiger partial charge in [-0.2, -0.15) is 13.2 Å². The maximum absolute atomic E-state index is 13.4. The van der Waals surface area contributed by atoms with Crippen molar-refractivity contribution < 1.29 is 18.0 Å². The molecule has 1 unspecified atom stereocenters. The summed E-state index contributed by atoms with van der Waals surface area (Å²) < 4.78 is 40.3. The molecule has 0 aliphatic rings. The van der Waals surface area contributed by atoms with E-state index in [1.807, 2.05) is 0 Å². The largest absolute Gasteiger partial charge is 0.399 e. The van der Waals surface area contributed by atoms with Crippen LogP contribution < -0.4 is 0 Å². The maximum atomic E-state index is 13.4. The Morgan fingerprint density at radius 3 is 2.04 bits per heavy atom. The second kappa shape index (κ2) is 8.14. The Hall–Kier alpha value is -1.98. The fourth-order valence-corrected chi connectivity index (χ4v) is 2.91.